The maximum atomic E-state index is 9.63. The molecule has 0 saturated carbocycles. The Hall–Kier alpha value is -3.60. The molecule has 0 fully saturated rings. The summed E-state index contributed by atoms with van der Waals surface area (Å²) in [5, 5.41) is 10.6. The van der Waals surface area contributed by atoms with Crippen LogP contribution in [0.4, 0.5) is 0 Å². The van der Waals surface area contributed by atoms with Crippen LogP contribution in [0.25, 0.3) is 22.3 Å². The van der Waals surface area contributed by atoms with E-state index in [0.717, 1.165) is 46.1 Å². The minimum Gasteiger partial charge on any atom is -0.361 e. The zero-order chi connectivity index (χ0) is 24.8. The van der Waals surface area contributed by atoms with Crippen molar-refractivity contribution in [2.24, 2.45) is 4.99 Å². The molecule has 2 aromatic carbocycles. The SMILES string of the molecule is C/N=C/C(c1cccc(-c2ncnc3c2ccn3COCC[Si](C)(C)C)c1)c1ccccc1C#N. The van der Waals surface area contributed by atoms with Gasteiger partial charge in [0, 0.05) is 51.0 Å². The molecule has 0 radical (unpaired) electrons. The number of nitriles is 1. The van der Waals surface area contributed by atoms with Gasteiger partial charge in [0.25, 0.3) is 0 Å². The van der Waals surface area contributed by atoms with E-state index in [1.807, 2.05) is 47.3 Å². The molecule has 1 unspecified atom stereocenters. The number of aliphatic imine (C=N–C) groups is 1. The van der Waals surface area contributed by atoms with Crippen LogP contribution in [-0.2, 0) is 11.5 Å². The molecule has 4 aromatic rings. The number of rotatable bonds is 9. The number of nitrogens with zero attached hydrogens (tertiary/aromatic N) is 5. The molecule has 2 heterocycles. The van der Waals surface area contributed by atoms with Crippen LogP contribution in [-0.4, -0.2) is 42.5 Å². The van der Waals surface area contributed by atoms with Crippen LogP contribution in [0.2, 0.25) is 25.7 Å². The van der Waals surface area contributed by atoms with Crippen LogP contribution >= 0.6 is 0 Å². The van der Waals surface area contributed by atoms with E-state index in [4.69, 9.17) is 4.74 Å². The monoisotopic (exact) mass is 481 g/mol. The predicted octanol–water partition coefficient (Wildman–Crippen LogP) is 6.11. The first-order valence-corrected chi connectivity index (χ1v) is 15.5. The smallest absolute Gasteiger partial charge is 0.145 e. The van der Waals surface area contributed by atoms with Gasteiger partial charge in [-0.25, -0.2) is 9.97 Å². The first-order valence-electron chi connectivity index (χ1n) is 11.8. The molecule has 0 saturated heterocycles. The number of benzene rings is 2. The summed E-state index contributed by atoms with van der Waals surface area (Å²) in [6.07, 6.45) is 5.51. The lowest BCUT2D eigenvalue weighted by molar-refractivity contribution is 0.0899. The quantitative estimate of drug-likeness (QED) is 0.164. The third-order valence-corrected chi connectivity index (χ3v) is 7.72. The van der Waals surface area contributed by atoms with Crippen LogP contribution in [0.1, 0.15) is 22.6 Å². The van der Waals surface area contributed by atoms with Gasteiger partial charge in [-0.1, -0.05) is 56.0 Å². The maximum absolute atomic E-state index is 9.63. The summed E-state index contributed by atoms with van der Waals surface area (Å²) in [6, 6.07) is 21.5. The molecule has 0 aliphatic heterocycles. The predicted molar refractivity (Wildman–Crippen MR) is 144 cm³/mol. The van der Waals surface area contributed by atoms with E-state index in [2.05, 4.69) is 64.9 Å². The van der Waals surface area contributed by atoms with Crippen molar-refractivity contribution in [3.05, 3.63) is 83.8 Å². The van der Waals surface area contributed by atoms with Crippen molar-refractivity contribution in [2.45, 2.75) is 38.3 Å². The minimum atomic E-state index is -1.12. The molecule has 0 spiro atoms. The summed E-state index contributed by atoms with van der Waals surface area (Å²) in [7, 11) is 0.634. The lowest BCUT2D eigenvalue weighted by Crippen LogP contribution is -2.22. The number of aromatic nitrogens is 3. The van der Waals surface area contributed by atoms with E-state index >= 15 is 0 Å². The number of hydrogen-bond donors (Lipinski definition) is 0. The largest absolute Gasteiger partial charge is 0.361 e. The zero-order valence-corrected chi connectivity index (χ0v) is 21.8. The summed E-state index contributed by atoms with van der Waals surface area (Å²) in [6.45, 7) is 8.30. The van der Waals surface area contributed by atoms with E-state index < -0.39 is 8.07 Å². The fourth-order valence-electron chi connectivity index (χ4n) is 4.12. The van der Waals surface area contributed by atoms with E-state index in [1.165, 1.54) is 0 Å². The molecule has 0 aliphatic rings. The van der Waals surface area contributed by atoms with Crippen molar-refractivity contribution in [3.8, 4) is 17.3 Å². The van der Waals surface area contributed by atoms with Crippen molar-refractivity contribution in [1.82, 2.24) is 14.5 Å². The van der Waals surface area contributed by atoms with Gasteiger partial charge in [-0.2, -0.15) is 5.26 Å². The van der Waals surface area contributed by atoms with E-state index in [1.54, 1.807) is 13.4 Å². The first kappa shape index (κ1) is 24.5. The fourth-order valence-corrected chi connectivity index (χ4v) is 4.88. The van der Waals surface area contributed by atoms with Gasteiger partial charge >= 0.3 is 0 Å². The first-order chi connectivity index (χ1) is 16.9. The molecule has 1 atom stereocenters. The highest BCUT2D eigenvalue weighted by Crippen LogP contribution is 2.31. The average Bonchev–Trinajstić information content (AvgIpc) is 3.28. The van der Waals surface area contributed by atoms with Crippen molar-refractivity contribution in [3.63, 3.8) is 0 Å². The number of ether oxygens (including phenoxy) is 1. The summed E-state index contributed by atoms with van der Waals surface area (Å²) in [5.41, 5.74) is 5.37. The molecule has 2 aromatic heterocycles. The second-order valence-electron chi connectivity index (χ2n) is 9.80. The van der Waals surface area contributed by atoms with Gasteiger partial charge in [-0.15, -0.1) is 0 Å². The van der Waals surface area contributed by atoms with Crippen molar-refractivity contribution in [1.29, 1.82) is 5.26 Å². The van der Waals surface area contributed by atoms with E-state index in [-0.39, 0.29) is 5.92 Å². The Kier molecular flexibility index (Phi) is 7.54. The molecular formula is C28H31N5OSi. The van der Waals surface area contributed by atoms with Crippen LogP contribution in [0, 0.1) is 11.3 Å². The summed E-state index contributed by atoms with van der Waals surface area (Å²) in [4.78, 5) is 13.5. The third kappa shape index (κ3) is 5.73. The summed E-state index contributed by atoms with van der Waals surface area (Å²) >= 11 is 0. The Balaban J connectivity index is 1.66. The summed E-state index contributed by atoms with van der Waals surface area (Å²) in [5.74, 6) is -0.127. The highest BCUT2D eigenvalue weighted by molar-refractivity contribution is 6.76. The summed E-state index contributed by atoms with van der Waals surface area (Å²) < 4.78 is 7.98. The topological polar surface area (TPSA) is 76.1 Å². The number of fused-ring (bicyclic) bond motifs is 1. The number of hydrogen-bond acceptors (Lipinski definition) is 5. The molecule has 35 heavy (non-hydrogen) atoms. The lowest BCUT2D eigenvalue weighted by atomic mass is 9.88. The van der Waals surface area contributed by atoms with Crippen molar-refractivity contribution < 1.29 is 4.74 Å². The molecule has 0 amide bonds. The van der Waals surface area contributed by atoms with Crippen LogP contribution < -0.4 is 0 Å². The van der Waals surface area contributed by atoms with Gasteiger partial charge in [0.1, 0.15) is 18.7 Å². The molecule has 7 heteroatoms. The van der Waals surface area contributed by atoms with Crippen molar-refractivity contribution >= 4 is 25.3 Å². The van der Waals surface area contributed by atoms with Gasteiger partial charge in [0.15, 0.2) is 0 Å². The Bertz CT molecular complexity index is 1380. The average molecular weight is 482 g/mol. The Labute approximate surface area is 208 Å². The highest BCUT2D eigenvalue weighted by Gasteiger charge is 2.18. The highest BCUT2D eigenvalue weighted by atomic mass is 28.3. The van der Waals surface area contributed by atoms with E-state index in [0.29, 0.717) is 12.3 Å². The molecule has 4 rings (SSSR count). The zero-order valence-electron chi connectivity index (χ0n) is 20.8. The molecule has 0 aliphatic carbocycles. The Morgan fingerprint density at radius 3 is 2.71 bits per heavy atom. The van der Waals surface area contributed by atoms with Gasteiger partial charge < -0.3 is 9.30 Å². The van der Waals surface area contributed by atoms with Crippen LogP contribution in [0.3, 0.4) is 0 Å². The Morgan fingerprint density at radius 2 is 1.94 bits per heavy atom. The molecular weight excluding hydrogens is 450 g/mol. The van der Waals surface area contributed by atoms with Crippen molar-refractivity contribution in [2.75, 3.05) is 13.7 Å². The fraction of sp³-hybridized carbons (Fsp3) is 0.286. The van der Waals surface area contributed by atoms with Gasteiger partial charge in [-0.3, -0.25) is 4.99 Å². The minimum absolute atomic E-state index is 0.127. The van der Waals surface area contributed by atoms with Crippen LogP contribution in [0.15, 0.2) is 72.1 Å². The van der Waals surface area contributed by atoms with Gasteiger partial charge in [0.05, 0.1) is 17.3 Å². The lowest BCUT2D eigenvalue weighted by Gasteiger charge is -2.16. The van der Waals surface area contributed by atoms with Gasteiger partial charge in [-0.05, 0) is 35.4 Å². The normalized spacial score (nSPS) is 12.8. The third-order valence-electron chi connectivity index (χ3n) is 6.02. The standard InChI is InChI=1S/C28H31N5OSi/c1-30-18-26(24-11-6-5-8-23(24)17-29)21-9-7-10-22(16-21)27-25-12-13-33(28(25)32-19-31-27)20-34-14-15-35(2,3)4/h5-13,16,18-19,26H,14-15,20H2,1-4H3/b30-18+. The Morgan fingerprint density at radius 1 is 1.11 bits per heavy atom. The van der Waals surface area contributed by atoms with Gasteiger partial charge in [0.2, 0.25) is 0 Å². The molecule has 0 N–H and O–H groups in total. The maximum Gasteiger partial charge on any atom is 0.145 e. The molecule has 178 valence electrons. The second-order valence-corrected chi connectivity index (χ2v) is 15.4. The second kappa shape index (κ2) is 10.8. The van der Waals surface area contributed by atoms with Crippen LogP contribution in [0.5, 0.6) is 0 Å². The molecule has 0 bridgehead atoms. The van der Waals surface area contributed by atoms with E-state index in [9.17, 15) is 5.26 Å². The molecule has 6 nitrogen and oxygen atoms in total.